The van der Waals surface area contributed by atoms with Gasteiger partial charge < -0.3 is 4.74 Å². The molecule has 0 N–H and O–H groups in total. The first-order valence-corrected chi connectivity index (χ1v) is 13.6. The van der Waals surface area contributed by atoms with Crippen LogP contribution in [0.1, 0.15) is 70.4 Å². The van der Waals surface area contributed by atoms with Crippen molar-refractivity contribution in [3.63, 3.8) is 0 Å². The van der Waals surface area contributed by atoms with E-state index in [1.54, 1.807) is 17.5 Å². The summed E-state index contributed by atoms with van der Waals surface area (Å²) in [6.07, 6.45) is 8.67. The third-order valence-corrected chi connectivity index (χ3v) is 11.1. The van der Waals surface area contributed by atoms with Gasteiger partial charge in [-0.1, -0.05) is 57.0 Å². The Bertz CT molecular complexity index is 1020. The van der Waals surface area contributed by atoms with Crippen LogP contribution in [-0.2, 0) is 5.41 Å². The number of rotatable bonds is 4. The molecule has 0 saturated heterocycles. The Kier molecular flexibility index (Phi) is 4.23. The number of ether oxygens (including phenoxy) is 1. The largest absolute Gasteiger partial charge is 0.494 e. The minimum Gasteiger partial charge on any atom is -0.494 e. The van der Waals surface area contributed by atoms with E-state index >= 15 is 0 Å². The molecule has 2 bridgehead atoms. The van der Waals surface area contributed by atoms with Gasteiger partial charge in [0.05, 0.1) is 6.61 Å². The summed E-state index contributed by atoms with van der Waals surface area (Å²) in [5.41, 5.74) is 6.42. The van der Waals surface area contributed by atoms with Crippen LogP contribution in [0.15, 0.2) is 42.5 Å². The van der Waals surface area contributed by atoms with Crippen molar-refractivity contribution in [2.45, 2.75) is 64.7 Å². The van der Waals surface area contributed by atoms with Gasteiger partial charge in [-0.05, 0) is 114 Å². The van der Waals surface area contributed by atoms with E-state index in [0.29, 0.717) is 0 Å². The van der Waals surface area contributed by atoms with Crippen LogP contribution in [0.5, 0.6) is 5.75 Å². The summed E-state index contributed by atoms with van der Waals surface area (Å²) in [4.78, 5) is 0. The molecule has 0 amide bonds. The van der Waals surface area contributed by atoms with E-state index in [9.17, 15) is 0 Å². The van der Waals surface area contributed by atoms with Crippen LogP contribution in [0.4, 0.5) is 0 Å². The molecule has 5 aliphatic carbocycles. The molecule has 2 aromatic rings. The molecule has 8 atom stereocenters. The maximum atomic E-state index is 6.00. The zero-order chi connectivity index (χ0) is 21.6. The van der Waals surface area contributed by atoms with Gasteiger partial charge in [0.15, 0.2) is 0 Å². The molecule has 1 spiro atoms. The van der Waals surface area contributed by atoms with Crippen LogP contribution >= 0.6 is 0 Å². The zero-order valence-electron chi connectivity index (χ0n) is 20.0. The monoisotopic (exact) mass is 426 g/mol. The second-order valence-electron chi connectivity index (χ2n) is 11.8. The molecule has 4 saturated carbocycles. The molecule has 168 valence electrons. The van der Waals surface area contributed by atoms with E-state index in [1.165, 1.54) is 43.2 Å². The average Bonchev–Trinajstić information content (AvgIpc) is 3.59. The summed E-state index contributed by atoms with van der Waals surface area (Å²) in [6, 6.07) is 16.3. The maximum Gasteiger partial charge on any atom is 0.119 e. The predicted octanol–water partition coefficient (Wildman–Crippen LogP) is 7.72. The third-order valence-electron chi connectivity index (χ3n) is 11.1. The minimum absolute atomic E-state index is 0.230. The second kappa shape index (κ2) is 6.87. The number of benzene rings is 2. The molecule has 0 aromatic heterocycles. The average molecular weight is 427 g/mol. The van der Waals surface area contributed by atoms with Crippen molar-refractivity contribution in [1.82, 2.24) is 0 Å². The first-order chi connectivity index (χ1) is 15.7. The molecule has 1 nitrogen and oxygen atoms in total. The van der Waals surface area contributed by atoms with Crippen LogP contribution in [0.3, 0.4) is 0 Å². The molecule has 1 heteroatoms. The van der Waals surface area contributed by atoms with Crippen molar-refractivity contribution in [1.29, 1.82) is 0 Å². The Labute approximate surface area is 194 Å². The summed E-state index contributed by atoms with van der Waals surface area (Å²) in [6.45, 7) is 7.78. The van der Waals surface area contributed by atoms with Crippen LogP contribution in [-0.4, -0.2) is 6.61 Å². The maximum absolute atomic E-state index is 6.00. The molecule has 2 aromatic carbocycles. The molecule has 8 unspecified atom stereocenters. The smallest absolute Gasteiger partial charge is 0.119 e. The van der Waals surface area contributed by atoms with Gasteiger partial charge >= 0.3 is 0 Å². The van der Waals surface area contributed by atoms with Crippen molar-refractivity contribution in [2.24, 2.45) is 47.3 Å². The molecular formula is C31H38O. The van der Waals surface area contributed by atoms with Crippen LogP contribution < -0.4 is 4.74 Å². The Morgan fingerprint density at radius 3 is 2.06 bits per heavy atom. The van der Waals surface area contributed by atoms with Crippen LogP contribution in [0, 0.1) is 47.3 Å². The van der Waals surface area contributed by atoms with Crippen molar-refractivity contribution in [2.75, 3.05) is 6.61 Å². The van der Waals surface area contributed by atoms with E-state index in [2.05, 4.69) is 63.2 Å². The van der Waals surface area contributed by atoms with Gasteiger partial charge in [0.2, 0.25) is 0 Å². The fourth-order valence-electron chi connectivity index (χ4n) is 10.3. The highest BCUT2D eigenvalue weighted by Gasteiger charge is 2.68. The lowest BCUT2D eigenvalue weighted by molar-refractivity contribution is 0.0950. The molecule has 5 aliphatic rings. The quantitative estimate of drug-likeness (QED) is 0.486. The minimum atomic E-state index is 0.230. The topological polar surface area (TPSA) is 9.23 Å². The molecule has 32 heavy (non-hydrogen) atoms. The predicted molar refractivity (Wildman–Crippen MR) is 131 cm³/mol. The van der Waals surface area contributed by atoms with Gasteiger partial charge in [-0.15, -0.1) is 0 Å². The summed E-state index contributed by atoms with van der Waals surface area (Å²) < 4.78 is 6.00. The molecular weight excluding hydrogens is 388 g/mol. The lowest BCUT2D eigenvalue weighted by Crippen LogP contribution is -2.33. The van der Waals surface area contributed by atoms with Gasteiger partial charge in [0.1, 0.15) is 5.75 Å². The lowest BCUT2D eigenvalue weighted by Gasteiger charge is -2.38. The number of hydrogen-bond donors (Lipinski definition) is 0. The highest BCUT2D eigenvalue weighted by Crippen LogP contribution is 2.74. The fourth-order valence-corrected chi connectivity index (χ4v) is 10.3. The number of fused-ring (bicyclic) bond motifs is 13. The molecule has 0 heterocycles. The van der Waals surface area contributed by atoms with Gasteiger partial charge in [-0.2, -0.15) is 0 Å². The standard InChI is InChI=1S/C31H38O/c1-4-18-13-19(5-2)30-24-15-23(29(18)30)25-16-31(17-26(24)25)27-10-8-7-9-21(27)22-12-11-20(32-6-3)14-28(22)31/h7-12,14,18-19,23-26,29-30H,4-6,13,15-17H2,1-3H3. The van der Waals surface area contributed by atoms with Crippen LogP contribution in [0.2, 0.25) is 0 Å². The molecule has 0 aliphatic heterocycles. The van der Waals surface area contributed by atoms with E-state index in [0.717, 1.165) is 59.7 Å². The molecule has 4 fully saturated rings. The highest BCUT2D eigenvalue weighted by molar-refractivity contribution is 5.82. The second-order valence-corrected chi connectivity index (χ2v) is 11.8. The van der Waals surface area contributed by atoms with E-state index < -0.39 is 0 Å². The van der Waals surface area contributed by atoms with Gasteiger partial charge in [-0.25, -0.2) is 0 Å². The van der Waals surface area contributed by atoms with Crippen molar-refractivity contribution in [3.8, 4) is 16.9 Å². The van der Waals surface area contributed by atoms with Gasteiger partial charge in [0.25, 0.3) is 0 Å². The summed E-state index contributed by atoms with van der Waals surface area (Å²) in [5.74, 6) is 9.04. The number of hydrogen-bond acceptors (Lipinski definition) is 1. The van der Waals surface area contributed by atoms with E-state index in [-0.39, 0.29) is 5.41 Å². The SMILES string of the molecule is CCOc1ccc2c(c1)C1(CC3C(C1)C1CC3C3C(CC)CC(CC)C13)c1ccccc1-2. The Balaban J connectivity index is 1.33. The van der Waals surface area contributed by atoms with Gasteiger partial charge in [0, 0.05) is 5.41 Å². The van der Waals surface area contributed by atoms with E-state index in [1.807, 2.05) is 0 Å². The Morgan fingerprint density at radius 1 is 0.750 bits per heavy atom. The molecule has 0 radical (unpaired) electrons. The zero-order valence-corrected chi connectivity index (χ0v) is 20.0. The lowest BCUT2D eigenvalue weighted by atomic mass is 9.67. The van der Waals surface area contributed by atoms with Crippen molar-refractivity contribution >= 4 is 0 Å². The summed E-state index contributed by atoms with van der Waals surface area (Å²) >= 11 is 0. The van der Waals surface area contributed by atoms with E-state index in [4.69, 9.17) is 4.74 Å². The first kappa shape index (κ1) is 19.7. The third kappa shape index (κ3) is 2.31. The van der Waals surface area contributed by atoms with Crippen LogP contribution in [0.25, 0.3) is 11.1 Å². The molecule has 7 rings (SSSR count). The first-order valence-electron chi connectivity index (χ1n) is 13.6. The summed E-state index contributed by atoms with van der Waals surface area (Å²) in [7, 11) is 0. The normalized spacial score (nSPS) is 42.2. The van der Waals surface area contributed by atoms with Gasteiger partial charge in [-0.3, -0.25) is 0 Å². The van der Waals surface area contributed by atoms with Crippen molar-refractivity contribution in [3.05, 3.63) is 53.6 Å². The summed E-state index contributed by atoms with van der Waals surface area (Å²) in [5, 5.41) is 0. The highest BCUT2D eigenvalue weighted by atomic mass is 16.5. The Hall–Kier alpha value is -1.76. The fraction of sp³-hybridized carbons (Fsp3) is 0.613. The Morgan fingerprint density at radius 2 is 1.41 bits per heavy atom. The van der Waals surface area contributed by atoms with Crippen molar-refractivity contribution < 1.29 is 4.74 Å².